The summed E-state index contributed by atoms with van der Waals surface area (Å²) in [5.41, 5.74) is 8.74. The van der Waals surface area contributed by atoms with Crippen molar-refractivity contribution in [3.63, 3.8) is 0 Å². The van der Waals surface area contributed by atoms with Gasteiger partial charge in [-0.05, 0) is 59.9 Å². The summed E-state index contributed by atoms with van der Waals surface area (Å²) in [6, 6.07) is 10.3. The van der Waals surface area contributed by atoms with E-state index in [-0.39, 0.29) is 5.54 Å². The largest absolute Gasteiger partial charge is 0.497 e. The molecule has 0 aliphatic carbocycles. The van der Waals surface area contributed by atoms with Crippen molar-refractivity contribution in [2.24, 2.45) is 5.73 Å². The Kier molecular flexibility index (Phi) is 4.04. The molecule has 0 saturated heterocycles. The predicted molar refractivity (Wildman–Crippen MR) is 77.3 cm³/mol. The molecule has 1 unspecified atom stereocenters. The van der Waals surface area contributed by atoms with Crippen molar-refractivity contribution in [1.29, 1.82) is 0 Å². The average Bonchev–Trinajstić information content (AvgIpc) is 2.81. The second-order valence-electron chi connectivity index (χ2n) is 4.99. The molecule has 96 valence electrons. The fourth-order valence-electron chi connectivity index (χ4n) is 2.13. The predicted octanol–water partition coefficient (Wildman–Crippen LogP) is 3.26. The number of benzene rings is 1. The molecule has 0 fully saturated rings. The second-order valence-corrected chi connectivity index (χ2v) is 5.77. The number of nitrogens with two attached hydrogens (primary N) is 1. The lowest BCUT2D eigenvalue weighted by atomic mass is 9.88. The molecule has 0 amide bonds. The molecule has 1 heterocycles. The summed E-state index contributed by atoms with van der Waals surface area (Å²) in [4.78, 5) is 0. The highest BCUT2D eigenvalue weighted by molar-refractivity contribution is 7.07. The van der Waals surface area contributed by atoms with Gasteiger partial charge in [-0.1, -0.05) is 12.1 Å². The van der Waals surface area contributed by atoms with Crippen molar-refractivity contribution < 1.29 is 4.74 Å². The smallest absolute Gasteiger partial charge is 0.118 e. The fourth-order valence-corrected chi connectivity index (χ4v) is 2.80. The van der Waals surface area contributed by atoms with Gasteiger partial charge in [-0.3, -0.25) is 0 Å². The van der Waals surface area contributed by atoms with Crippen molar-refractivity contribution in [1.82, 2.24) is 0 Å². The van der Waals surface area contributed by atoms with E-state index in [2.05, 4.69) is 35.9 Å². The lowest BCUT2D eigenvalue weighted by molar-refractivity contribution is 0.414. The molecule has 0 radical (unpaired) electrons. The molecule has 2 nitrogen and oxygen atoms in total. The summed E-state index contributed by atoms with van der Waals surface area (Å²) < 4.78 is 5.15. The molecule has 18 heavy (non-hydrogen) atoms. The third-order valence-corrected chi connectivity index (χ3v) is 3.69. The van der Waals surface area contributed by atoms with E-state index in [0.717, 1.165) is 18.6 Å². The summed E-state index contributed by atoms with van der Waals surface area (Å²) in [5, 5.41) is 4.26. The van der Waals surface area contributed by atoms with Gasteiger partial charge in [0.2, 0.25) is 0 Å². The van der Waals surface area contributed by atoms with Crippen LogP contribution >= 0.6 is 11.3 Å². The van der Waals surface area contributed by atoms with Crippen LogP contribution in [0.25, 0.3) is 0 Å². The molecule has 1 aromatic heterocycles. The molecular weight excluding hydrogens is 242 g/mol. The van der Waals surface area contributed by atoms with Crippen LogP contribution in [0.15, 0.2) is 41.1 Å². The van der Waals surface area contributed by atoms with E-state index in [0.29, 0.717) is 0 Å². The van der Waals surface area contributed by atoms with Crippen LogP contribution in [-0.2, 0) is 12.8 Å². The molecule has 1 atom stereocenters. The van der Waals surface area contributed by atoms with E-state index in [9.17, 15) is 0 Å². The van der Waals surface area contributed by atoms with Crippen molar-refractivity contribution in [2.75, 3.05) is 7.11 Å². The van der Waals surface area contributed by atoms with E-state index in [1.54, 1.807) is 18.4 Å². The Morgan fingerprint density at radius 2 is 1.78 bits per heavy atom. The minimum absolute atomic E-state index is 0.213. The molecule has 2 N–H and O–H groups in total. The maximum absolute atomic E-state index is 6.38. The topological polar surface area (TPSA) is 35.2 Å². The maximum atomic E-state index is 6.38. The SMILES string of the molecule is COc1ccc(CC(C)(N)Cc2ccsc2)cc1. The van der Waals surface area contributed by atoms with Gasteiger partial charge in [0.25, 0.3) is 0 Å². The zero-order chi connectivity index (χ0) is 13.0. The molecule has 3 heteroatoms. The van der Waals surface area contributed by atoms with Gasteiger partial charge in [-0.15, -0.1) is 0 Å². The monoisotopic (exact) mass is 261 g/mol. The third-order valence-electron chi connectivity index (χ3n) is 2.96. The van der Waals surface area contributed by atoms with E-state index in [4.69, 9.17) is 10.5 Å². The number of rotatable bonds is 5. The number of thiophene rings is 1. The van der Waals surface area contributed by atoms with Crippen molar-refractivity contribution in [3.8, 4) is 5.75 Å². The molecule has 0 aliphatic rings. The van der Waals surface area contributed by atoms with Crippen molar-refractivity contribution in [2.45, 2.75) is 25.3 Å². The van der Waals surface area contributed by atoms with Crippen LogP contribution < -0.4 is 10.5 Å². The lowest BCUT2D eigenvalue weighted by Gasteiger charge is -2.24. The van der Waals surface area contributed by atoms with Gasteiger partial charge in [-0.25, -0.2) is 0 Å². The minimum atomic E-state index is -0.213. The average molecular weight is 261 g/mol. The van der Waals surface area contributed by atoms with Gasteiger partial charge in [0.15, 0.2) is 0 Å². The lowest BCUT2D eigenvalue weighted by Crippen LogP contribution is -2.40. The molecular formula is C15H19NOS. The molecule has 1 aromatic carbocycles. The first-order valence-corrected chi connectivity index (χ1v) is 6.96. The summed E-state index contributed by atoms with van der Waals surface area (Å²) in [7, 11) is 1.68. The molecule has 0 saturated carbocycles. The maximum Gasteiger partial charge on any atom is 0.118 e. The molecule has 0 spiro atoms. The normalized spacial score (nSPS) is 14.2. The number of hydrogen-bond acceptors (Lipinski definition) is 3. The van der Waals surface area contributed by atoms with Crippen LogP contribution in [0.5, 0.6) is 5.75 Å². The molecule has 2 aromatic rings. The standard InChI is InChI=1S/C15H19NOS/c1-15(16,10-13-7-8-18-11-13)9-12-3-5-14(17-2)6-4-12/h3-8,11H,9-10,16H2,1-2H3. The van der Waals surface area contributed by atoms with Gasteiger partial charge in [-0.2, -0.15) is 11.3 Å². The van der Waals surface area contributed by atoms with Gasteiger partial charge >= 0.3 is 0 Å². The highest BCUT2D eigenvalue weighted by Crippen LogP contribution is 2.20. The Morgan fingerprint density at radius 3 is 2.33 bits per heavy atom. The van der Waals surface area contributed by atoms with Crippen LogP contribution in [0.4, 0.5) is 0 Å². The van der Waals surface area contributed by atoms with Gasteiger partial charge in [0, 0.05) is 5.54 Å². The van der Waals surface area contributed by atoms with E-state index < -0.39 is 0 Å². The van der Waals surface area contributed by atoms with E-state index in [1.807, 2.05) is 12.1 Å². The van der Waals surface area contributed by atoms with Gasteiger partial charge < -0.3 is 10.5 Å². The first kappa shape index (κ1) is 13.1. The number of methoxy groups -OCH3 is 1. The highest BCUT2D eigenvalue weighted by atomic mass is 32.1. The first-order valence-electron chi connectivity index (χ1n) is 6.02. The third kappa shape index (κ3) is 3.59. The Balaban J connectivity index is 2.02. The Morgan fingerprint density at radius 1 is 1.11 bits per heavy atom. The molecule has 2 rings (SSSR count). The van der Waals surface area contributed by atoms with Crippen LogP contribution in [0, 0.1) is 0 Å². The quantitative estimate of drug-likeness (QED) is 0.896. The molecule has 0 aliphatic heterocycles. The Labute approximate surface area is 112 Å². The van der Waals surface area contributed by atoms with Crippen LogP contribution in [0.2, 0.25) is 0 Å². The highest BCUT2D eigenvalue weighted by Gasteiger charge is 2.19. The van der Waals surface area contributed by atoms with E-state index in [1.165, 1.54) is 11.1 Å². The van der Waals surface area contributed by atoms with E-state index >= 15 is 0 Å². The fraction of sp³-hybridized carbons (Fsp3) is 0.333. The summed E-state index contributed by atoms with van der Waals surface area (Å²) in [6.45, 7) is 2.11. The van der Waals surface area contributed by atoms with Crippen LogP contribution in [0.3, 0.4) is 0 Å². The Hall–Kier alpha value is -1.32. The first-order chi connectivity index (χ1) is 8.59. The van der Waals surface area contributed by atoms with Crippen LogP contribution in [-0.4, -0.2) is 12.6 Å². The second kappa shape index (κ2) is 5.55. The van der Waals surface area contributed by atoms with Gasteiger partial charge in [0.1, 0.15) is 5.75 Å². The Bertz CT molecular complexity index is 474. The summed E-state index contributed by atoms with van der Waals surface area (Å²) in [6.07, 6.45) is 1.77. The van der Waals surface area contributed by atoms with Crippen molar-refractivity contribution in [3.05, 3.63) is 52.2 Å². The number of hydrogen-bond donors (Lipinski definition) is 1. The minimum Gasteiger partial charge on any atom is -0.497 e. The zero-order valence-electron chi connectivity index (χ0n) is 10.8. The zero-order valence-corrected chi connectivity index (χ0v) is 11.7. The summed E-state index contributed by atoms with van der Waals surface area (Å²) in [5.74, 6) is 0.885. The van der Waals surface area contributed by atoms with Gasteiger partial charge in [0.05, 0.1) is 7.11 Å². The molecule has 0 bridgehead atoms. The van der Waals surface area contributed by atoms with Crippen LogP contribution in [0.1, 0.15) is 18.1 Å². The number of ether oxygens (including phenoxy) is 1. The van der Waals surface area contributed by atoms with Crippen molar-refractivity contribution >= 4 is 11.3 Å². The summed E-state index contributed by atoms with van der Waals surface area (Å²) >= 11 is 1.72.